The van der Waals surface area contributed by atoms with Crippen LogP contribution in [0, 0.1) is 11.8 Å². The van der Waals surface area contributed by atoms with Gasteiger partial charge < -0.3 is 24.3 Å². The van der Waals surface area contributed by atoms with Crippen LogP contribution in [0.5, 0.6) is 0 Å². The van der Waals surface area contributed by atoms with Crippen LogP contribution in [0.25, 0.3) is 0 Å². The molecule has 2 heterocycles. The van der Waals surface area contributed by atoms with Crippen molar-refractivity contribution in [2.45, 2.75) is 193 Å². The molecule has 0 saturated heterocycles. The third-order valence-corrected chi connectivity index (χ3v) is 10.5. The molecule has 2 saturated carbocycles. The van der Waals surface area contributed by atoms with Gasteiger partial charge in [-0.25, -0.2) is 13.1 Å². The Morgan fingerprint density at radius 1 is 0.741 bits per heavy atom. The zero-order chi connectivity index (χ0) is 39.8. The minimum Gasteiger partial charge on any atom is -0.460 e. The van der Waals surface area contributed by atoms with Crippen molar-refractivity contribution in [1.29, 1.82) is 0 Å². The average Bonchev–Trinajstić information content (AvgIpc) is 3.76. The second kappa shape index (κ2) is 22.0. The van der Waals surface area contributed by atoms with Crippen molar-refractivity contribution in [2.24, 2.45) is 17.6 Å². The van der Waals surface area contributed by atoms with Gasteiger partial charge in [-0.05, 0) is 66.2 Å². The van der Waals surface area contributed by atoms with Crippen LogP contribution in [0.15, 0.2) is 9.05 Å². The summed E-state index contributed by atoms with van der Waals surface area (Å²) < 4.78 is 46.5. The Hall–Kier alpha value is -2.91. The summed E-state index contributed by atoms with van der Waals surface area (Å²) in [4.78, 5) is 33.3. The van der Waals surface area contributed by atoms with E-state index in [1.165, 1.54) is 70.6 Å². The maximum atomic E-state index is 12.4. The number of nitrogens with zero attached hydrogens (tertiary/aromatic N) is 4. The molecule has 0 aromatic carbocycles. The molecule has 2 atom stereocenters. The maximum Gasteiger partial charge on any atom is 0.307 e. The fraction of sp³-hybridized carbons (Fsp3) is 0.846. The first-order chi connectivity index (χ1) is 25.4. The van der Waals surface area contributed by atoms with E-state index in [4.69, 9.17) is 24.3 Å². The van der Waals surface area contributed by atoms with Gasteiger partial charge in [0, 0.05) is 11.8 Å². The monoisotopic (exact) mass is 780 g/mol. The van der Waals surface area contributed by atoms with E-state index in [0.717, 1.165) is 50.2 Å². The van der Waals surface area contributed by atoms with Crippen LogP contribution in [-0.2, 0) is 42.2 Å². The second-order valence-electron chi connectivity index (χ2n) is 17.2. The number of hydrogen-bond acceptors (Lipinski definition) is 13. The molecule has 14 nitrogen and oxygen atoms in total. The standard InChI is InChI=1S/C20H35N3O5S.C19H33N3O3/c1-20(2,3)27-18(24)13-16(12-8-11-15-9-6-5-7-10-15)19-22-17(23-28-19)14-21-29(4,25)26;1-19(2,3)24-17(23)12-15(18-21-16(13-20)22-25-18)11-7-10-14-8-5-4-6-9-14/h15-16,21H,5-14H2,1-4H3;14-15H,4-13,20H2,1-3H3/t16-;15-/m11/s1. The molecule has 54 heavy (non-hydrogen) atoms. The van der Waals surface area contributed by atoms with Crippen molar-refractivity contribution in [1.82, 2.24) is 25.0 Å². The lowest BCUT2D eigenvalue weighted by molar-refractivity contribution is -0.156. The fourth-order valence-corrected chi connectivity index (χ4v) is 7.66. The van der Waals surface area contributed by atoms with Crippen LogP contribution < -0.4 is 10.5 Å². The zero-order valence-electron chi connectivity index (χ0n) is 34.0. The molecule has 0 radical (unpaired) electrons. The van der Waals surface area contributed by atoms with E-state index in [9.17, 15) is 18.0 Å². The van der Waals surface area contributed by atoms with Crippen molar-refractivity contribution in [3.05, 3.63) is 23.4 Å². The van der Waals surface area contributed by atoms with E-state index in [-0.39, 0.29) is 55.5 Å². The largest absolute Gasteiger partial charge is 0.460 e. The second-order valence-corrected chi connectivity index (χ2v) is 19.1. The number of aromatic nitrogens is 4. The van der Waals surface area contributed by atoms with E-state index in [1.54, 1.807) is 0 Å². The molecule has 0 bridgehead atoms. The van der Waals surface area contributed by atoms with Gasteiger partial charge in [-0.2, -0.15) is 9.97 Å². The van der Waals surface area contributed by atoms with Gasteiger partial charge in [-0.1, -0.05) is 100 Å². The van der Waals surface area contributed by atoms with Crippen LogP contribution in [0.3, 0.4) is 0 Å². The van der Waals surface area contributed by atoms with E-state index < -0.39 is 21.2 Å². The van der Waals surface area contributed by atoms with Gasteiger partial charge in [0.2, 0.25) is 21.8 Å². The van der Waals surface area contributed by atoms with Crippen LogP contribution in [0.1, 0.15) is 192 Å². The van der Waals surface area contributed by atoms with Crippen molar-refractivity contribution >= 4 is 22.0 Å². The van der Waals surface area contributed by atoms with Gasteiger partial charge in [0.25, 0.3) is 0 Å². The van der Waals surface area contributed by atoms with Gasteiger partial charge in [0.1, 0.15) is 11.2 Å². The summed E-state index contributed by atoms with van der Waals surface area (Å²) in [6.07, 6.45) is 20.9. The molecule has 2 fully saturated rings. The Labute approximate surface area is 323 Å². The molecule has 2 aliphatic rings. The molecule has 2 aromatic rings. The third-order valence-electron chi connectivity index (χ3n) is 9.79. The van der Waals surface area contributed by atoms with Crippen molar-refractivity contribution < 1.29 is 36.5 Å². The average molecular weight is 781 g/mol. The summed E-state index contributed by atoms with van der Waals surface area (Å²) in [5.41, 5.74) is 4.53. The lowest BCUT2D eigenvalue weighted by Gasteiger charge is -2.23. The van der Waals surface area contributed by atoms with Gasteiger partial charge in [0.05, 0.1) is 32.2 Å². The highest BCUT2D eigenvalue weighted by Gasteiger charge is 2.28. The highest BCUT2D eigenvalue weighted by molar-refractivity contribution is 7.88. The molecule has 0 spiro atoms. The predicted octanol–water partition coefficient (Wildman–Crippen LogP) is 7.78. The number of nitrogens with one attached hydrogen (secondary N) is 1. The van der Waals surface area contributed by atoms with Gasteiger partial charge in [0.15, 0.2) is 11.6 Å². The zero-order valence-corrected chi connectivity index (χ0v) is 34.8. The Morgan fingerprint density at radius 3 is 1.52 bits per heavy atom. The van der Waals surface area contributed by atoms with Crippen LogP contribution >= 0.6 is 0 Å². The molecule has 0 unspecified atom stereocenters. The number of carbonyl (C=O) groups is 2. The Bertz CT molecular complexity index is 1500. The summed E-state index contributed by atoms with van der Waals surface area (Å²) in [6.45, 7) is 11.3. The Balaban J connectivity index is 0.000000294. The lowest BCUT2D eigenvalue weighted by Crippen LogP contribution is -2.25. The van der Waals surface area contributed by atoms with Crippen molar-refractivity contribution in [3.8, 4) is 0 Å². The normalized spacial score (nSPS) is 17.3. The summed E-state index contributed by atoms with van der Waals surface area (Å²) >= 11 is 0. The highest BCUT2D eigenvalue weighted by Crippen LogP contribution is 2.33. The van der Waals surface area contributed by atoms with E-state index in [2.05, 4.69) is 25.0 Å². The number of hydrogen-bond donors (Lipinski definition) is 2. The molecule has 0 amide bonds. The molecular formula is C39H68N6O8S. The maximum absolute atomic E-state index is 12.4. The predicted molar refractivity (Wildman–Crippen MR) is 205 cm³/mol. The molecule has 4 rings (SSSR count). The molecule has 308 valence electrons. The number of esters is 2. The molecule has 15 heteroatoms. The topological polar surface area (TPSA) is 203 Å². The number of rotatable bonds is 18. The van der Waals surface area contributed by atoms with E-state index in [1.807, 2.05) is 41.5 Å². The third kappa shape index (κ3) is 19.1. The van der Waals surface area contributed by atoms with Gasteiger partial charge in [-0.3, -0.25) is 9.59 Å². The highest BCUT2D eigenvalue weighted by atomic mass is 32.2. The van der Waals surface area contributed by atoms with Gasteiger partial charge in [-0.15, -0.1) is 0 Å². The number of ether oxygens (including phenoxy) is 2. The first-order valence-electron chi connectivity index (χ1n) is 20.1. The molecule has 3 N–H and O–H groups in total. The van der Waals surface area contributed by atoms with E-state index >= 15 is 0 Å². The minimum absolute atomic E-state index is 0.0381. The van der Waals surface area contributed by atoms with Crippen LogP contribution in [0.4, 0.5) is 0 Å². The quantitative estimate of drug-likeness (QED) is 0.139. The lowest BCUT2D eigenvalue weighted by atomic mass is 9.84. The van der Waals surface area contributed by atoms with Crippen LogP contribution in [0.2, 0.25) is 0 Å². The number of nitrogens with two attached hydrogens (primary N) is 1. The Morgan fingerprint density at radius 2 is 1.15 bits per heavy atom. The molecule has 2 aromatic heterocycles. The smallest absolute Gasteiger partial charge is 0.307 e. The minimum atomic E-state index is -3.35. The van der Waals surface area contributed by atoms with Crippen molar-refractivity contribution in [2.75, 3.05) is 6.26 Å². The van der Waals surface area contributed by atoms with Crippen molar-refractivity contribution in [3.63, 3.8) is 0 Å². The van der Waals surface area contributed by atoms with E-state index in [0.29, 0.717) is 17.6 Å². The molecule has 0 aliphatic heterocycles. The first-order valence-corrected chi connectivity index (χ1v) is 22.0. The number of carbonyl (C=O) groups excluding carboxylic acids is 2. The molecular weight excluding hydrogens is 713 g/mol. The summed E-state index contributed by atoms with van der Waals surface area (Å²) in [6, 6.07) is 0. The summed E-state index contributed by atoms with van der Waals surface area (Å²) in [5, 5.41) is 7.73. The Kier molecular flexibility index (Phi) is 18.5. The summed E-state index contributed by atoms with van der Waals surface area (Å²) in [7, 11) is -3.35. The van der Waals surface area contributed by atoms with Crippen LogP contribution in [-0.4, -0.2) is 58.1 Å². The first kappa shape index (κ1) is 45.5. The number of sulfonamides is 1. The molecule has 2 aliphatic carbocycles. The fourth-order valence-electron chi connectivity index (χ4n) is 7.27. The SMILES string of the molecule is CC(C)(C)OC(=O)C[C@@H](CCCC1CCCCC1)c1nc(CN)no1.CC(C)(C)OC(=O)C[C@@H](CCCC1CCCCC1)c1nc(CNS(C)(=O)=O)no1. The van der Waals surface area contributed by atoms with Gasteiger partial charge >= 0.3 is 11.9 Å². The summed E-state index contributed by atoms with van der Waals surface area (Å²) in [5.74, 6) is 2.38.